The number of β-amino-alcohol motifs (C(OH)–C–C–N with tert-alkyl or cyclic N) is 1. The summed E-state index contributed by atoms with van der Waals surface area (Å²) in [6.07, 6.45) is 0.682. The molecule has 210 valence electrons. The monoisotopic (exact) mass is 549 g/mol. The number of amides is 2. The Balaban J connectivity index is 1.20. The maximum absolute atomic E-state index is 14.0. The highest BCUT2D eigenvalue weighted by molar-refractivity contribution is 6.07. The number of pyridine rings is 1. The summed E-state index contributed by atoms with van der Waals surface area (Å²) in [6.45, 7) is 4.91. The van der Waals surface area contributed by atoms with Gasteiger partial charge in [-0.2, -0.15) is 0 Å². The molecular weight excluding hydrogens is 514 g/mol. The van der Waals surface area contributed by atoms with Crippen LogP contribution in [0, 0.1) is 0 Å². The summed E-state index contributed by atoms with van der Waals surface area (Å²) in [5.74, 6) is -0.0622. The van der Waals surface area contributed by atoms with Gasteiger partial charge >= 0.3 is 0 Å². The zero-order chi connectivity index (χ0) is 28.2. The number of para-hydroxylation sites is 1. The van der Waals surface area contributed by atoms with Gasteiger partial charge in [-0.25, -0.2) is 0 Å². The lowest BCUT2D eigenvalue weighted by Gasteiger charge is -2.36. The van der Waals surface area contributed by atoms with E-state index in [-0.39, 0.29) is 25.0 Å². The van der Waals surface area contributed by atoms with Gasteiger partial charge in [0, 0.05) is 74.6 Å². The van der Waals surface area contributed by atoms with E-state index in [1.807, 2.05) is 71.6 Å². The average molecular weight is 550 g/mol. The maximum Gasteiger partial charge on any atom is 0.255 e. The summed E-state index contributed by atoms with van der Waals surface area (Å²) in [4.78, 5) is 38.3. The Bertz CT molecular complexity index is 1550. The fraction of sp³-hybridized carbons (Fsp3) is 0.303. The van der Waals surface area contributed by atoms with Crippen LogP contribution >= 0.6 is 0 Å². The molecule has 41 heavy (non-hydrogen) atoms. The number of aliphatic hydroxyl groups is 1. The molecule has 2 aliphatic heterocycles. The van der Waals surface area contributed by atoms with E-state index in [0.29, 0.717) is 44.7 Å². The van der Waals surface area contributed by atoms with Crippen LogP contribution in [0.4, 0.5) is 5.69 Å². The molecule has 4 aromatic rings. The third kappa shape index (κ3) is 6.00. The number of nitrogens with zero attached hydrogens (tertiary/aromatic N) is 4. The summed E-state index contributed by atoms with van der Waals surface area (Å²) < 4.78 is 0. The smallest absolute Gasteiger partial charge is 0.255 e. The van der Waals surface area contributed by atoms with Gasteiger partial charge in [0.05, 0.1) is 24.2 Å². The van der Waals surface area contributed by atoms with Gasteiger partial charge in [-0.15, -0.1) is 0 Å². The minimum Gasteiger partial charge on any atom is -0.395 e. The first-order valence-corrected chi connectivity index (χ1v) is 14.3. The van der Waals surface area contributed by atoms with Gasteiger partial charge in [0.15, 0.2) is 0 Å². The molecule has 0 aliphatic carbocycles. The standard InChI is InChI=1S/C33H35N5O3/c39-20-19-36-15-17-38(18-16-36)33(41)32-27-11-4-5-12-29(27)35-30-13-14-37(22-28(30)32)23-31(40)34-26-10-6-9-25(21-26)24-7-2-1-3-8-24/h1-12,21,39H,13-20,22-23H2,(H,34,40). The van der Waals surface area contributed by atoms with Gasteiger partial charge in [0.2, 0.25) is 5.91 Å². The van der Waals surface area contributed by atoms with Gasteiger partial charge in [-0.3, -0.25) is 24.4 Å². The highest BCUT2D eigenvalue weighted by Gasteiger charge is 2.30. The van der Waals surface area contributed by atoms with E-state index >= 15 is 0 Å². The predicted octanol–water partition coefficient (Wildman–Crippen LogP) is 3.65. The molecule has 1 aromatic heterocycles. The van der Waals surface area contributed by atoms with Crippen molar-refractivity contribution in [3.05, 3.63) is 95.7 Å². The van der Waals surface area contributed by atoms with Crippen LogP contribution in [0.25, 0.3) is 22.0 Å². The number of rotatable bonds is 7. The molecule has 0 radical (unpaired) electrons. The topological polar surface area (TPSA) is 89.0 Å². The molecule has 1 saturated heterocycles. The van der Waals surface area contributed by atoms with Crippen molar-refractivity contribution in [3.63, 3.8) is 0 Å². The van der Waals surface area contributed by atoms with E-state index < -0.39 is 0 Å². The van der Waals surface area contributed by atoms with Crippen molar-refractivity contribution in [2.45, 2.75) is 13.0 Å². The number of fused-ring (bicyclic) bond motifs is 2. The van der Waals surface area contributed by atoms with Crippen molar-refractivity contribution in [2.75, 3.05) is 57.7 Å². The van der Waals surface area contributed by atoms with Crippen molar-refractivity contribution in [1.29, 1.82) is 0 Å². The zero-order valence-corrected chi connectivity index (χ0v) is 23.1. The zero-order valence-electron chi connectivity index (χ0n) is 23.1. The van der Waals surface area contributed by atoms with Crippen molar-refractivity contribution in [1.82, 2.24) is 19.7 Å². The van der Waals surface area contributed by atoms with Gasteiger partial charge in [0.25, 0.3) is 5.91 Å². The molecule has 6 rings (SSSR count). The van der Waals surface area contributed by atoms with Crippen molar-refractivity contribution >= 4 is 28.4 Å². The lowest BCUT2D eigenvalue weighted by atomic mass is 9.94. The first-order valence-electron chi connectivity index (χ1n) is 14.3. The molecule has 2 amide bonds. The summed E-state index contributed by atoms with van der Waals surface area (Å²) in [5.41, 5.74) is 6.32. The highest BCUT2D eigenvalue weighted by atomic mass is 16.3. The number of carbonyl (C=O) groups is 2. The molecule has 0 bridgehead atoms. The summed E-state index contributed by atoms with van der Waals surface area (Å²) in [7, 11) is 0. The average Bonchev–Trinajstić information content (AvgIpc) is 3.01. The largest absolute Gasteiger partial charge is 0.395 e. The quantitative estimate of drug-likeness (QED) is 0.366. The van der Waals surface area contributed by atoms with Crippen LogP contribution in [-0.2, 0) is 17.8 Å². The van der Waals surface area contributed by atoms with E-state index in [0.717, 1.165) is 52.1 Å². The van der Waals surface area contributed by atoms with Crippen LogP contribution in [0.2, 0.25) is 0 Å². The Morgan fingerprint density at radius 3 is 2.39 bits per heavy atom. The lowest BCUT2D eigenvalue weighted by molar-refractivity contribution is -0.117. The minimum absolute atomic E-state index is 0.0209. The van der Waals surface area contributed by atoms with Crippen LogP contribution in [0.3, 0.4) is 0 Å². The van der Waals surface area contributed by atoms with Crippen LogP contribution in [0.15, 0.2) is 78.9 Å². The van der Waals surface area contributed by atoms with E-state index in [1.165, 1.54) is 0 Å². The molecular formula is C33H35N5O3. The molecule has 3 heterocycles. The molecule has 2 N–H and O–H groups in total. The van der Waals surface area contributed by atoms with E-state index in [4.69, 9.17) is 4.98 Å². The number of hydrogen-bond donors (Lipinski definition) is 2. The van der Waals surface area contributed by atoms with E-state index in [1.54, 1.807) is 0 Å². The van der Waals surface area contributed by atoms with Gasteiger partial charge in [0.1, 0.15) is 0 Å². The van der Waals surface area contributed by atoms with E-state index in [2.05, 4.69) is 27.2 Å². The minimum atomic E-state index is -0.0831. The third-order valence-corrected chi connectivity index (χ3v) is 8.04. The number of anilines is 1. The van der Waals surface area contributed by atoms with Crippen LogP contribution in [0.1, 0.15) is 21.6 Å². The molecule has 0 unspecified atom stereocenters. The molecule has 8 nitrogen and oxygen atoms in total. The normalized spacial score (nSPS) is 16.0. The second kappa shape index (κ2) is 12.2. The molecule has 3 aromatic carbocycles. The number of carbonyl (C=O) groups excluding carboxylic acids is 2. The Hall–Kier alpha value is -4.11. The summed E-state index contributed by atoms with van der Waals surface area (Å²) in [6, 6.07) is 25.8. The SMILES string of the molecule is O=C(CN1CCc2nc3ccccc3c(C(=O)N3CCN(CCO)CC3)c2C1)Nc1cccc(-c2ccccc2)c1. The van der Waals surface area contributed by atoms with Gasteiger partial charge in [-0.05, 0) is 29.3 Å². The van der Waals surface area contributed by atoms with E-state index in [9.17, 15) is 14.7 Å². The van der Waals surface area contributed by atoms with Gasteiger partial charge < -0.3 is 15.3 Å². The summed E-state index contributed by atoms with van der Waals surface area (Å²) >= 11 is 0. The Morgan fingerprint density at radius 2 is 1.59 bits per heavy atom. The number of piperazine rings is 1. The van der Waals surface area contributed by atoms with Crippen LogP contribution < -0.4 is 5.32 Å². The van der Waals surface area contributed by atoms with Crippen LogP contribution in [0.5, 0.6) is 0 Å². The highest BCUT2D eigenvalue weighted by Crippen LogP contribution is 2.30. The number of hydrogen-bond acceptors (Lipinski definition) is 6. The fourth-order valence-corrected chi connectivity index (χ4v) is 5.91. The Morgan fingerprint density at radius 1 is 0.829 bits per heavy atom. The summed E-state index contributed by atoms with van der Waals surface area (Å²) in [5, 5.41) is 13.2. The van der Waals surface area contributed by atoms with Crippen molar-refractivity contribution in [3.8, 4) is 11.1 Å². The third-order valence-electron chi connectivity index (χ3n) is 8.04. The number of aromatic nitrogens is 1. The predicted molar refractivity (Wildman–Crippen MR) is 161 cm³/mol. The molecule has 0 atom stereocenters. The van der Waals surface area contributed by atoms with Crippen molar-refractivity contribution < 1.29 is 14.7 Å². The first kappa shape index (κ1) is 27.1. The molecule has 0 saturated carbocycles. The Labute approximate surface area is 240 Å². The molecule has 1 fully saturated rings. The fourth-order valence-electron chi connectivity index (χ4n) is 5.91. The second-order valence-corrected chi connectivity index (χ2v) is 10.7. The number of aliphatic hydroxyl groups excluding tert-OH is 1. The number of nitrogens with one attached hydrogen (secondary N) is 1. The second-order valence-electron chi connectivity index (χ2n) is 10.7. The molecule has 2 aliphatic rings. The first-order chi connectivity index (χ1) is 20.1. The number of benzene rings is 3. The molecule has 8 heteroatoms. The van der Waals surface area contributed by atoms with Crippen molar-refractivity contribution in [2.24, 2.45) is 0 Å². The van der Waals surface area contributed by atoms with Gasteiger partial charge in [-0.1, -0.05) is 60.7 Å². The van der Waals surface area contributed by atoms with Crippen LogP contribution in [-0.4, -0.2) is 89.0 Å². The Kier molecular flexibility index (Phi) is 8.04. The maximum atomic E-state index is 14.0. The lowest BCUT2D eigenvalue weighted by Crippen LogP contribution is -2.49. The molecule has 0 spiro atoms.